The van der Waals surface area contributed by atoms with E-state index in [2.05, 4.69) is 11.8 Å². The number of aryl methyl sites for hydroxylation is 1. The molecule has 0 saturated heterocycles. The van der Waals surface area contributed by atoms with Crippen molar-refractivity contribution in [2.45, 2.75) is 58.9 Å². The summed E-state index contributed by atoms with van der Waals surface area (Å²) >= 11 is 0. The van der Waals surface area contributed by atoms with Crippen LogP contribution < -0.4 is 5.56 Å². The highest BCUT2D eigenvalue weighted by atomic mass is 19.1. The lowest BCUT2D eigenvalue weighted by Gasteiger charge is -2.31. The SMILES string of the molecule is CCCN(C)Cc1c2c(nc3cc(F)c(C)cc13)-c1cc3c(c(=O)n1C2)COC(=O)[C@]3(O)CC. The van der Waals surface area contributed by atoms with E-state index in [4.69, 9.17) is 9.72 Å². The first-order valence-corrected chi connectivity index (χ1v) is 11.7. The highest BCUT2D eigenvalue weighted by Gasteiger charge is 2.45. The van der Waals surface area contributed by atoms with Crippen LogP contribution in [0.5, 0.6) is 0 Å². The fourth-order valence-electron chi connectivity index (χ4n) is 5.20. The minimum absolute atomic E-state index is 0.0806. The quantitative estimate of drug-likeness (QED) is 0.455. The van der Waals surface area contributed by atoms with Crippen LogP contribution in [0.4, 0.5) is 4.39 Å². The second kappa shape index (κ2) is 7.99. The molecule has 3 aromatic rings. The van der Waals surface area contributed by atoms with E-state index < -0.39 is 11.6 Å². The molecule has 4 heterocycles. The molecule has 1 aromatic carbocycles. The van der Waals surface area contributed by atoms with Crippen LogP contribution in [-0.4, -0.2) is 39.1 Å². The summed E-state index contributed by atoms with van der Waals surface area (Å²) in [6, 6.07) is 4.95. The largest absolute Gasteiger partial charge is 0.458 e. The molecular formula is C26H28FN3O4. The molecule has 34 heavy (non-hydrogen) atoms. The lowest BCUT2D eigenvalue weighted by Crippen LogP contribution is -2.44. The summed E-state index contributed by atoms with van der Waals surface area (Å²) in [5.41, 5.74) is 2.49. The molecule has 0 aliphatic carbocycles. The van der Waals surface area contributed by atoms with Gasteiger partial charge in [0.15, 0.2) is 5.60 Å². The van der Waals surface area contributed by atoms with E-state index in [9.17, 15) is 19.1 Å². The summed E-state index contributed by atoms with van der Waals surface area (Å²) in [6.45, 7) is 7.20. The van der Waals surface area contributed by atoms with Gasteiger partial charge in [-0.3, -0.25) is 4.79 Å². The molecule has 1 N–H and O–H groups in total. The van der Waals surface area contributed by atoms with E-state index in [1.54, 1.807) is 24.5 Å². The summed E-state index contributed by atoms with van der Waals surface area (Å²) in [5, 5.41) is 11.9. The first-order chi connectivity index (χ1) is 16.2. The van der Waals surface area contributed by atoms with Crippen molar-refractivity contribution in [2.24, 2.45) is 0 Å². The fraction of sp³-hybridized carbons (Fsp3) is 0.423. The Kier molecular flexibility index (Phi) is 5.33. The standard InChI is InChI=1S/C26H28FN3O4/c1-5-7-29(4)11-16-15-8-14(3)20(27)10-21(15)28-23-17(16)12-30-22(23)9-19-18(24(30)31)13-34-25(32)26(19,33)6-2/h8-10,33H,5-7,11-13H2,1-4H3/t26-/m0/s1. The van der Waals surface area contributed by atoms with E-state index in [0.29, 0.717) is 35.6 Å². The number of fused-ring (bicyclic) bond motifs is 5. The molecule has 0 bridgehead atoms. The Morgan fingerprint density at radius 3 is 2.71 bits per heavy atom. The number of carbonyl (C=O) groups excluding carboxylic acids is 1. The van der Waals surface area contributed by atoms with Crippen LogP contribution >= 0.6 is 0 Å². The Balaban J connectivity index is 1.79. The molecule has 178 valence electrons. The number of esters is 1. The molecule has 0 spiro atoms. The zero-order valence-electron chi connectivity index (χ0n) is 19.9. The van der Waals surface area contributed by atoms with Crippen molar-refractivity contribution in [1.82, 2.24) is 14.5 Å². The number of aliphatic hydroxyl groups is 1. The van der Waals surface area contributed by atoms with Crippen LogP contribution in [0.2, 0.25) is 0 Å². The maximum atomic E-state index is 14.5. The number of pyridine rings is 2. The molecule has 0 unspecified atom stereocenters. The lowest BCUT2D eigenvalue weighted by molar-refractivity contribution is -0.172. The van der Waals surface area contributed by atoms with Crippen molar-refractivity contribution in [2.75, 3.05) is 13.6 Å². The molecule has 8 heteroatoms. The average Bonchev–Trinajstić information content (AvgIpc) is 3.17. The second-order valence-corrected chi connectivity index (χ2v) is 9.38. The molecule has 2 aliphatic rings. The highest BCUT2D eigenvalue weighted by Crippen LogP contribution is 2.40. The first-order valence-electron chi connectivity index (χ1n) is 11.7. The number of benzene rings is 1. The first kappa shape index (κ1) is 22.7. The lowest BCUT2D eigenvalue weighted by atomic mass is 9.86. The molecule has 1 atom stereocenters. The van der Waals surface area contributed by atoms with Crippen molar-refractivity contribution in [1.29, 1.82) is 0 Å². The Bertz CT molecular complexity index is 1410. The molecule has 0 radical (unpaired) electrons. The third-order valence-corrected chi connectivity index (χ3v) is 7.12. The van der Waals surface area contributed by atoms with Gasteiger partial charge in [0.2, 0.25) is 0 Å². The number of cyclic esters (lactones) is 1. The molecule has 2 aliphatic heterocycles. The van der Waals surface area contributed by atoms with E-state index in [1.807, 2.05) is 13.1 Å². The van der Waals surface area contributed by atoms with Gasteiger partial charge in [0, 0.05) is 29.1 Å². The Morgan fingerprint density at radius 1 is 1.24 bits per heavy atom. The number of hydrogen-bond donors (Lipinski definition) is 1. The van der Waals surface area contributed by atoms with Crippen LogP contribution in [0.15, 0.2) is 23.0 Å². The van der Waals surface area contributed by atoms with Gasteiger partial charge < -0.3 is 19.3 Å². The number of rotatable bonds is 5. The third-order valence-electron chi connectivity index (χ3n) is 7.12. The van der Waals surface area contributed by atoms with E-state index in [1.165, 1.54) is 6.07 Å². The van der Waals surface area contributed by atoms with E-state index in [0.717, 1.165) is 29.5 Å². The van der Waals surface area contributed by atoms with Crippen LogP contribution in [0.3, 0.4) is 0 Å². The van der Waals surface area contributed by atoms with Crippen molar-refractivity contribution < 1.29 is 19.0 Å². The predicted molar refractivity (Wildman–Crippen MR) is 126 cm³/mol. The normalized spacial score (nSPS) is 18.7. The number of nitrogens with zero attached hydrogens (tertiary/aromatic N) is 3. The van der Waals surface area contributed by atoms with Gasteiger partial charge >= 0.3 is 5.97 Å². The van der Waals surface area contributed by atoms with Crippen LogP contribution in [0.1, 0.15) is 54.5 Å². The smallest absolute Gasteiger partial charge is 0.343 e. The Labute approximate surface area is 196 Å². The zero-order valence-corrected chi connectivity index (χ0v) is 19.9. The van der Waals surface area contributed by atoms with Gasteiger partial charge in [-0.15, -0.1) is 0 Å². The van der Waals surface area contributed by atoms with Gasteiger partial charge in [0.25, 0.3) is 5.56 Å². The summed E-state index contributed by atoms with van der Waals surface area (Å²) in [4.78, 5) is 32.9. The Morgan fingerprint density at radius 2 is 2.00 bits per heavy atom. The van der Waals surface area contributed by atoms with Crippen molar-refractivity contribution in [3.8, 4) is 11.4 Å². The average molecular weight is 466 g/mol. The van der Waals surface area contributed by atoms with Crippen molar-refractivity contribution in [3.63, 3.8) is 0 Å². The van der Waals surface area contributed by atoms with Gasteiger partial charge in [-0.2, -0.15) is 0 Å². The molecule has 7 nitrogen and oxygen atoms in total. The second-order valence-electron chi connectivity index (χ2n) is 9.38. The molecule has 5 rings (SSSR count). The summed E-state index contributed by atoms with van der Waals surface area (Å²) in [5.74, 6) is -1.09. The number of aromatic nitrogens is 2. The predicted octanol–water partition coefficient (Wildman–Crippen LogP) is 3.37. The number of carbonyl (C=O) groups is 1. The molecule has 0 amide bonds. The van der Waals surface area contributed by atoms with Crippen molar-refractivity contribution >= 4 is 16.9 Å². The maximum Gasteiger partial charge on any atom is 0.343 e. The van der Waals surface area contributed by atoms with E-state index in [-0.39, 0.29) is 35.5 Å². The van der Waals surface area contributed by atoms with Crippen LogP contribution in [0, 0.1) is 12.7 Å². The minimum Gasteiger partial charge on any atom is -0.458 e. The van der Waals surface area contributed by atoms with E-state index >= 15 is 0 Å². The highest BCUT2D eigenvalue weighted by molar-refractivity contribution is 5.89. The fourth-order valence-corrected chi connectivity index (χ4v) is 5.20. The number of ether oxygens (including phenoxy) is 1. The van der Waals surface area contributed by atoms with Gasteiger partial charge in [0.05, 0.1) is 29.0 Å². The zero-order chi connectivity index (χ0) is 24.4. The molecular weight excluding hydrogens is 437 g/mol. The Hall–Kier alpha value is -3.10. The number of halogens is 1. The molecule has 0 fully saturated rings. The third kappa shape index (κ3) is 3.20. The van der Waals surface area contributed by atoms with Crippen LogP contribution in [0.25, 0.3) is 22.3 Å². The summed E-state index contributed by atoms with van der Waals surface area (Å²) in [7, 11) is 2.04. The van der Waals surface area contributed by atoms with Gasteiger partial charge in [-0.25, -0.2) is 14.2 Å². The van der Waals surface area contributed by atoms with Gasteiger partial charge in [-0.05, 0) is 56.6 Å². The maximum absolute atomic E-state index is 14.5. The van der Waals surface area contributed by atoms with Crippen LogP contribution in [-0.2, 0) is 34.8 Å². The minimum atomic E-state index is -1.88. The summed E-state index contributed by atoms with van der Waals surface area (Å²) in [6.07, 6.45) is 1.07. The monoisotopic (exact) mass is 465 g/mol. The number of hydrogen-bond acceptors (Lipinski definition) is 6. The van der Waals surface area contributed by atoms with Gasteiger partial charge in [0.1, 0.15) is 12.4 Å². The molecule has 0 saturated carbocycles. The molecule has 2 aromatic heterocycles. The van der Waals surface area contributed by atoms with Gasteiger partial charge in [-0.1, -0.05) is 13.8 Å². The topological polar surface area (TPSA) is 84.7 Å². The summed E-state index contributed by atoms with van der Waals surface area (Å²) < 4.78 is 21.3. The van der Waals surface area contributed by atoms with Crippen molar-refractivity contribution in [3.05, 3.63) is 62.2 Å².